The van der Waals surface area contributed by atoms with E-state index < -0.39 is 5.97 Å². The van der Waals surface area contributed by atoms with Gasteiger partial charge in [-0.3, -0.25) is 4.79 Å². The molecular weight excluding hydrogens is 230 g/mol. The van der Waals surface area contributed by atoms with E-state index in [-0.39, 0.29) is 12.5 Å². The molecule has 0 unspecified atom stereocenters. The minimum atomic E-state index is -0.872. The van der Waals surface area contributed by atoms with Gasteiger partial charge in [0.1, 0.15) is 5.75 Å². The summed E-state index contributed by atoms with van der Waals surface area (Å²) in [7, 11) is 0. The second kappa shape index (κ2) is 7.01. The number of para-hydroxylation sites is 1. The second-order valence-corrected chi connectivity index (χ2v) is 4.87. The van der Waals surface area contributed by atoms with Gasteiger partial charge in [-0.05, 0) is 24.0 Å². The number of hydrogen-bond acceptors (Lipinski definition) is 3. The van der Waals surface area contributed by atoms with Crippen molar-refractivity contribution in [1.82, 2.24) is 0 Å². The van der Waals surface area contributed by atoms with E-state index in [0.717, 1.165) is 11.3 Å². The second-order valence-electron chi connectivity index (χ2n) is 4.87. The van der Waals surface area contributed by atoms with E-state index in [9.17, 15) is 4.79 Å². The van der Waals surface area contributed by atoms with Crippen LogP contribution in [-0.4, -0.2) is 23.7 Å². The molecule has 18 heavy (non-hydrogen) atoms. The third kappa shape index (κ3) is 5.19. The van der Waals surface area contributed by atoms with E-state index in [0.29, 0.717) is 18.9 Å². The number of aliphatic carboxylic acids is 1. The molecule has 0 fully saturated rings. The molecule has 0 heterocycles. The Kier molecular flexibility index (Phi) is 5.65. The number of rotatable bonds is 7. The first-order valence-electron chi connectivity index (χ1n) is 6.17. The third-order valence-corrected chi connectivity index (χ3v) is 2.46. The molecule has 4 heteroatoms. The van der Waals surface area contributed by atoms with Gasteiger partial charge in [0.2, 0.25) is 0 Å². The smallest absolute Gasteiger partial charge is 0.304 e. The Bertz CT molecular complexity index is 390. The minimum Gasteiger partial charge on any atom is -0.493 e. The number of benzene rings is 1. The molecule has 0 aliphatic heterocycles. The van der Waals surface area contributed by atoms with Gasteiger partial charge in [0.25, 0.3) is 0 Å². The molecule has 0 spiro atoms. The molecule has 0 aliphatic rings. The molecule has 0 aliphatic carbocycles. The fourth-order valence-electron chi connectivity index (χ4n) is 1.65. The lowest BCUT2D eigenvalue weighted by Crippen LogP contribution is -2.26. The molecule has 0 saturated carbocycles. The number of hydrogen-bond donors (Lipinski definition) is 2. The Hall–Kier alpha value is -1.55. The average Bonchev–Trinajstić information content (AvgIpc) is 2.26. The van der Waals surface area contributed by atoms with Gasteiger partial charge in [0.05, 0.1) is 13.0 Å². The van der Waals surface area contributed by atoms with Crippen molar-refractivity contribution in [3.8, 4) is 5.75 Å². The summed E-state index contributed by atoms with van der Waals surface area (Å²) in [4.78, 5) is 10.6. The molecule has 4 nitrogen and oxygen atoms in total. The molecule has 0 amide bonds. The van der Waals surface area contributed by atoms with Crippen LogP contribution in [0.2, 0.25) is 0 Å². The first-order chi connectivity index (χ1) is 8.49. The Labute approximate surface area is 108 Å². The average molecular weight is 251 g/mol. The van der Waals surface area contributed by atoms with Crippen LogP contribution in [0.1, 0.15) is 25.8 Å². The summed E-state index contributed by atoms with van der Waals surface area (Å²) in [5.74, 6) is 0.376. The molecule has 0 saturated heterocycles. The summed E-state index contributed by atoms with van der Waals surface area (Å²) in [5.41, 5.74) is 6.76. The minimum absolute atomic E-state index is 0.0293. The van der Waals surface area contributed by atoms with Crippen molar-refractivity contribution in [1.29, 1.82) is 0 Å². The summed E-state index contributed by atoms with van der Waals surface area (Å²) < 4.78 is 5.70. The number of carbonyl (C=O) groups is 1. The lowest BCUT2D eigenvalue weighted by Gasteiger charge is -2.15. The van der Waals surface area contributed by atoms with E-state index in [1.807, 2.05) is 24.3 Å². The van der Waals surface area contributed by atoms with Crippen LogP contribution in [0.15, 0.2) is 24.3 Å². The van der Waals surface area contributed by atoms with Crippen LogP contribution in [0.5, 0.6) is 5.75 Å². The molecule has 1 aromatic rings. The van der Waals surface area contributed by atoms with Crippen molar-refractivity contribution in [2.45, 2.75) is 32.7 Å². The Morgan fingerprint density at radius 3 is 2.67 bits per heavy atom. The number of ether oxygens (including phenoxy) is 1. The Morgan fingerprint density at radius 2 is 2.06 bits per heavy atom. The zero-order valence-electron chi connectivity index (χ0n) is 10.9. The van der Waals surface area contributed by atoms with E-state index in [2.05, 4.69) is 13.8 Å². The van der Waals surface area contributed by atoms with Crippen molar-refractivity contribution < 1.29 is 14.6 Å². The maximum Gasteiger partial charge on any atom is 0.304 e. The highest BCUT2D eigenvalue weighted by atomic mass is 16.5. The summed E-state index contributed by atoms with van der Waals surface area (Å²) in [6.45, 7) is 4.81. The Balaban J connectivity index is 2.66. The molecule has 1 rings (SSSR count). The molecule has 1 atom stereocenters. The van der Waals surface area contributed by atoms with Gasteiger partial charge >= 0.3 is 5.97 Å². The first-order valence-corrected chi connectivity index (χ1v) is 6.17. The number of carboxylic acid groups (broad SMARTS) is 1. The number of carboxylic acids is 1. The van der Waals surface area contributed by atoms with Crippen molar-refractivity contribution in [3.63, 3.8) is 0 Å². The highest BCUT2D eigenvalue weighted by Crippen LogP contribution is 2.20. The van der Waals surface area contributed by atoms with Gasteiger partial charge in [0, 0.05) is 6.04 Å². The van der Waals surface area contributed by atoms with E-state index >= 15 is 0 Å². The van der Waals surface area contributed by atoms with Crippen molar-refractivity contribution in [2.24, 2.45) is 11.7 Å². The standard InChI is InChI=1S/C14H21NO3/c1-10(2)9-18-13-6-4-3-5-11(13)7-12(15)8-14(16)17/h3-6,10,12H,7-9,15H2,1-2H3,(H,16,17)/t12-/m1/s1. The van der Waals surface area contributed by atoms with Gasteiger partial charge < -0.3 is 15.6 Å². The van der Waals surface area contributed by atoms with Crippen LogP contribution in [0, 0.1) is 5.92 Å². The predicted molar refractivity (Wildman–Crippen MR) is 70.7 cm³/mol. The highest BCUT2D eigenvalue weighted by Gasteiger charge is 2.12. The van der Waals surface area contributed by atoms with Gasteiger partial charge in [-0.25, -0.2) is 0 Å². The van der Waals surface area contributed by atoms with Gasteiger partial charge in [-0.2, -0.15) is 0 Å². The summed E-state index contributed by atoms with van der Waals surface area (Å²) in [5, 5.41) is 8.70. The molecule has 0 aromatic heterocycles. The normalized spacial score (nSPS) is 12.4. The maximum absolute atomic E-state index is 10.6. The van der Waals surface area contributed by atoms with E-state index in [1.165, 1.54) is 0 Å². The van der Waals surface area contributed by atoms with E-state index in [4.69, 9.17) is 15.6 Å². The van der Waals surface area contributed by atoms with Crippen molar-refractivity contribution in [3.05, 3.63) is 29.8 Å². The topological polar surface area (TPSA) is 72.5 Å². The van der Waals surface area contributed by atoms with E-state index in [1.54, 1.807) is 0 Å². The van der Waals surface area contributed by atoms with Crippen LogP contribution >= 0.6 is 0 Å². The number of nitrogens with two attached hydrogens (primary N) is 1. The highest BCUT2D eigenvalue weighted by molar-refractivity contribution is 5.67. The molecule has 100 valence electrons. The summed E-state index contributed by atoms with van der Waals surface area (Å²) >= 11 is 0. The van der Waals surface area contributed by atoms with Crippen molar-refractivity contribution >= 4 is 5.97 Å². The zero-order chi connectivity index (χ0) is 13.5. The molecular formula is C14H21NO3. The molecule has 0 radical (unpaired) electrons. The molecule has 3 N–H and O–H groups in total. The van der Waals surface area contributed by atoms with Gasteiger partial charge in [-0.15, -0.1) is 0 Å². The molecule has 1 aromatic carbocycles. The third-order valence-electron chi connectivity index (χ3n) is 2.46. The Morgan fingerprint density at radius 1 is 1.39 bits per heavy atom. The summed E-state index contributed by atoms with van der Waals surface area (Å²) in [6.07, 6.45) is 0.485. The fourth-order valence-corrected chi connectivity index (χ4v) is 1.65. The lowest BCUT2D eigenvalue weighted by atomic mass is 10.0. The van der Waals surface area contributed by atoms with Gasteiger partial charge in [-0.1, -0.05) is 32.0 Å². The quantitative estimate of drug-likeness (QED) is 0.778. The van der Waals surface area contributed by atoms with Crippen LogP contribution in [0.25, 0.3) is 0 Å². The lowest BCUT2D eigenvalue weighted by molar-refractivity contribution is -0.137. The first kappa shape index (κ1) is 14.5. The fraction of sp³-hybridized carbons (Fsp3) is 0.500. The van der Waals surface area contributed by atoms with Crippen LogP contribution in [0.3, 0.4) is 0 Å². The van der Waals surface area contributed by atoms with Gasteiger partial charge in [0.15, 0.2) is 0 Å². The summed E-state index contributed by atoms with van der Waals surface area (Å²) in [6, 6.07) is 7.25. The van der Waals surface area contributed by atoms with Crippen LogP contribution in [0.4, 0.5) is 0 Å². The van der Waals surface area contributed by atoms with Crippen molar-refractivity contribution in [2.75, 3.05) is 6.61 Å². The van der Waals surface area contributed by atoms with Crippen LogP contribution in [-0.2, 0) is 11.2 Å². The monoisotopic (exact) mass is 251 g/mol. The molecule has 0 bridgehead atoms. The zero-order valence-corrected chi connectivity index (χ0v) is 10.9. The maximum atomic E-state index is 10.6. The SMILES string of the molecule is CC(C)COc1ccccc1C[C@@H](N)CC(=O)O. The predicted octanol–water partition coefficient (Wildman–Crippen LogP) is 2.07. The largest absolute Gasteiger partial charge is 0.493 e. The van der Waals surface area contributed by atoms with Crippen LogP contribution < -0.4 is 10.5 Å².